The van der Waals surface area contributed by atoms with Gasteiger partial charge in [-0.2, -0.15) is 0 Å². The fraction of sp³-hybridized carbons (Fsp3) is 0.500. The van der Waals surface area contributed by atoms with Gasteiger partial charge in [0.15, 0.2) is 0 Å². The van der Waals surface area contributed by atoms with E-state index in [0.717, 1.165) is 35.8 Å². The number of aryl methyl sites for hydroxylation is 1. The molecule has 2 unspecified atom stereocenters. The van der Waals surface area contributed by atoms with Gasteiger partial charge in [0.25, 0.3) is 5.91 Å². The van der Waals surface area contributed by atoms with Crippen LogP contribution in [0.3, 0.4) is 0 Å². The molecule has 8 heteroatoms. The third-order valence-electron chi connectivity index (χ3n) is 6.37. The van der Waals surface area contributed by atoms with Crippen LogP contribution < -0.4 is 10.0 Å². The Balaban J connectivity index is 1.50. The minimum atomic E-state index is -3.43. The largest absolute Gasteiger partial charge is 0.350 e. The van der Waals surface area contributed by atoms with Gasteiger partial charge in [0.1, 0.15) is 0 Å². The van der Waals surface area contributed by atoms with Gasteiger partial charge in [-0.15, -0.1) is 0 Å². The molecule has 7 nitrogen and oxygen atoms in total. The van der Waals surface area contributed by atoms with E-state index in [-0.39, 0.29) is 11.8 Å². The molecule has 0 saturated carbocycles. The highest BCUT2D eigenvalue weighted by Gasteiger charge is 2.28. The second kappa shape index (κ2) is 8.53. The van der Waals surface area contributed by atoms with E-state index in [1.165, 1.54) is 18.4 Å². The highest BCUT2D eigenvalue weighted by atomic mass is 32.2. The summed E-state index contributed by atoms with van der Waals surface area (Å²) in [6.07, 6.45) is 5.33. The molecule has 162 valence electrons. The Labute approximate surface area is 178 Å². The maximum absolute atomic E-state index is 13.1. The van der Waals surface area contributed by atoms with Crippen molar-refractivity contribution in [3.63, 3.8) is 0 Å². The smallest absolute Gasteiger partial charge is 0.253 e. The van der Waals surface area contributed by atoms with Crippen LogP contribution in [0.2, 0.25) is 0 Å². The highest BCUT2D eigenvalue weighted by molar-refractivity contribution is 7.92. The van der Waals surface area contributed by atoms with Crippen molar-refractivity contribution in [1.29, 1.82) is 0 Å². The molecule has 1 aromatic heterocycles. The van der Waals surface area contributed by atoms with Gasteiger partial charge in [0.05, 0.1) is 0 Å². The van der Waals surface area contributed by atoms with E-state index in [4.69, 9.17) is 0 Å². The predicted octanol–water partition coefficient (Wildman–Crippen LogP) is 2.17. The lowest BCUT2D eigenvalue weighted by Crippen LogP contribution is -2.32. The van der Waals surface area contributed by atoms with Crippen molar-refractivity contribution in [1.82, 2.24) is 19.5 Å². The van der Waals surface area contributed by atoms with Crippen LogP contribution in [0.25, 0.3) is 10.9 Å². The fourth-order valence-corrected chi connectivity index (χ4v) is 5.24. The summed E-state index contributed by atoms with van der Waals surface area (Å²) in [6.45, 7) is 6.89. The van der Waals surface area contributed by atoms with Gasteiger partial charge in [-0.05, 0) is 61.4 Å². The van der Waals surface area contributed by atoms with Crippen molar-refractivity contribution >= 4 is 26.8 Å². The molecular weight excluding hydrogens is 400 g/mol. The van der Waals surface area contributed by atoms with Crippen LogP contribution in [0, 0.1) is 5.92 Å². The fourth-order valence-electron chi connectivity index (χ4n) is 4.66. The molecule has 2 fully saturated rings. The first kappa shape index (κ1) is 21.1. The number of hydrogen-bond donors (Lipinski definition) is 2. The summed E-state index contributed by atoms with van der Waals surface area (Å²) in [5.74, 6) is 0.609. The summed E-state index contributed by atoms with van der Waals surface area (Å²) in [6, 6.07) is 5.98. The SMILES string of the molecule is C=CS(=O)(=O)NCC1CCN(C(=O)c2ccc3c(c2)c(C2CCCNC2)cn3C)C1. The Kier molecular flexibility index (Phi) is 5.99. The zero-order chi connectivity index (χ0) is 21.3. The number of carbonyl (C=O) groups is 1. The van der Waals surface area contributed by atoms with Gasteiger partial charge in [-0.3, -0.25) is 4.79 Å². The average molecular weight is 431 g/mol. The number of carbonyl (C=O) groups excluding carboxylic acids is 1. The minimum Gasteiger partial charge on any atom is -0.350 e. The second-order valence-corrected chi connectivity index (χ2v) is 10.1. The molecule has 2 aromatic rings. The molecule has 0 bridgehead atoms. The number of nitrogens with zero attached hydrogens (tertiary/aromatic N) is 2. The summed E-state index contributed by atoms with van der Waals surface area (Å²) >= 11 is 0. The molecule has 3 heterocycles. The maximum atomic E-state index is 13.1. The standard InChI is InChI=1S/C22H30N4O3S/c1-3-30(28,29)24-12-16-8-10-26(14-16)22(27)17-6-7-21-19(11-17)20(15-25(21)2)18-5-4-9-23-13-18/h3,6-7,11,15-16,18,23-24H,1,4-5,8-10,12-14H2,2H3. The van der Waals surface area contributed by atoms with Gasteiger partial charge in [-0.25, -0.2) is 13.1 Å². The Morgan fingerprint density at radius 1 is 1.37 bits per heavy atom. The lowest BCUT2D eigenvalue weighted by Gasteiger charge is -2.22. The number of benzene rings is 1. The third-order valence-corrected chi connectivity index (χ3v) is 7.38. The predicted molar refractivity (Wildman–Crippen MR) is 119 cm³/mol. The molecule has 1 aromatic carbocycles. The molecule has 1 amide bonds. The van der Waals surface area contributed by atoms with Crippen LogP contribution in [0.1, 0.15) is 41.1 Å². The first-order valence-electron chi connectivity index (χ1n) is 10.6. The van der Waals surface area contributed by atoms with Crippen molar-refractivity contribution in [3.8, 4) is 0 Å². The molecule has 2 aliphatic rings. The molecule has 2 saturated heterocycles. The number of hydrogen-bond acceptors (Lipinski definition) is 4. The molecule has 0 spiro atoms. The summed E-state index contributed by atoms with van der Waals surface area (Å²) < 4.78 is 27.8. The molecule has 30 heavy (non-hydrogen) atoms. The lowest BCUT2D eigenvalue weighted by atomic mass is 9.91. The number of likely N-dealkylation sites (tertiary alicyclic amines) is 1. The summed E-state index contributed by atoms with van der Waals surface area (Å²) in [7, 11) is -1.38. The van der Waals surface area contributed by atoms with Gasteiger partial charge < -0.3 is 14.8 Å². The van der Waals surface area contributed by atoms with E-state index in [0.29, 0.717) is 31.1 Å². The number of piperidine rings is 1. The normalized spacial score (nSPS) is 22.5. The number of amides is 1. The van der Waals surface area contributed by atoms with Gasteiger partial charge >= 0.3 is 0 Å². The molecular formula is C22H30N4O3S. The van der Waals surface area contributed by atoms with Crippen LogP contribution in [0.15, 0.2) is 36.4 Å². The van der Waals surface area contributed by atoms with Crippen molar-refractivity contribution < 1.29 is 13.2 Å². The number of rotatable bonds is 6. The first-order chi connectivity index (χ1) is 14.4. The molecule has 0 radical (unpaired) electrons. The van der Waals surface area contributed by atoms with Crippen molar-refractivity contribution in [3.05, 3.63) is 47.5 Å². The monoisotopic (exact) mass is 430 g/mol. The van der Waals surface area contributed by atoms with Crippen molar-refractivity contribution in [2.75, 3.05) is 32.7 Å². The maximum Gasteiger partial charge on any atom is 0.253 e. The first-order valence-corrected chi connectivity index (χ1v) is 12.1. The number of fused-ring (bicyclic) bond motifs is 1. The van der Waals surface area contributed by atoms with Gasteiger partial charge in [0, 0.05) is 61.3 Å². The third kappa shape index (κ3) is 4.31. The quantitative estimate of drug-likeness (QED) is 0.736. The summed E-state index contributed by atoms with van der Waals surface area (Å²) in [5, 5.41) is 5.56. The number of aromatic nitrogens is 1. The van der Waals surface area contributed by atoms with E-state index in [9.17, 15) is 13.2 Å². The van der Waals surface area contributed by atoms with E-state index in [1.54, 1.807) is 0 Å². The van der Waals surface area contributed by atoms with Crippen LogP contribution in [-0.2, 0) is 17.1 Å². The summed E-state index contributed by atoms with van der Waals surface area (Å²) in [4.78, 5) is 15.0. The Morgan fingerprint density at radius 3 is 2.93 bits per heavy atom. The topological polar surface area (TPSA) is 83.4 Å². The van der Waals surface area contributed by atoms with Crippen LogP contribution in [0.5, 0.6) is 0 Å². The van der Waals surface area contributed by atoms with Gasteiger partial charge in [0.2, 0.25) is 10.0 Å². The van der Waals surface area contributed by atoms with Crippen LogP contribution >= 0.6 is 0 Å². The molecule has 2 aliphatic heterocycles. The zero-order valence-corrected chi connectivity index (χ0v) is 18.2. The Bertz CT molecular complexity index is 1050. The van der Waals surface area contributed by atoms with E-state index in [2.05, 4.69) is 34.4 Å². The average Bonchev–Trinajstić information content (AvgIpc) is 3.37. The highest BCUT2D eigenvalue weighted by Crippen LogP contribution is 2.32. The minimum absolute atomic E-state index is 0.0163. The Morgan fingerprint density at radius 2 is 2.20 bits per heavy atom. The van der Waals surface area contributed by atoms with Crippen molar-refractivity contribution in [2.24, 2.45) is 13.0 Å². The lowest BCUT2D eigenvalue weighted by molar-refractivity contribution is 0.0787. The number of sulfonamides is 1. The molecule has 2 N–H and O–H groups in total. The molecule has 4 rings (SSSR count). The molecule has 0 aliphatic carbocycles. The second-order valence-electron chi connectivity index (χ2n) is 8.44. The van der Waals surface area contributed by atoms with E-state index >= 15 is 0 Å². The number of nitrogens with one attached hydrogen (secondary N) is 2. The Hall–Kier alpha value is -2.16. The van der Waals surface area contributed by atoms with Crippen LogP contribution in [-0.4, -0.2) is 56.5 Å². The summed E-state index contributed by atoms with van der Waals surface area (Å²) in [5.41, 5.74) is 3.16. The van der Waals surface area contributed by atoms with Crippen LogP contribution in [0.4, 0.5) is 0 Å². The van der Waals surface area contributed by atoms with E-state index < -0.39 is 10.0 Å². The van der Waals surface area contributed by atoms with Gasteiger partial charge in [-0.1, -0.05) is 6.58 Å². The molecule has 2 atom stereocenters. The zero-order valence-electron chi connectivity index (χ0n) is 17.4. The van der Waals surface area contributed by atoms with Crippen molar-refractivity contribution in [2.45, 2.75) is 25.2 Å². The van der Waals surface area contributed by atoms with E-state index in [1.807, 2.05) is 23.1 Å².